The molecule has 4 aromatic carbocycles. The Kier molecular flexibility index (Phi) is 8.24. The van der Waals surface area contributed by atoms with Gasteiger partial charge in [-0.15, -0.1) is 5.10 Å². The summed E-state index contributed by atoms with van der Waals surface area (Å²) in [6.45, 7) is 4.29. The van der Waals surface area contributed by atoms with E-state index in [1.807, 2.05) is 98.8 Å². The van der Waals surface area contributed by atoms with E-state index in [2.05, 4.69) is 15.6 Å². The second-order valence-corrected chi connectivity index (χ2v) is 11.2. The van der Waals surface area contributed by atoms with Crippen LogP contribution >= 0.6 is 11.8 Å². The molecule has 1 unspecified atom stereocenters. The minimum Gasteiger partial charge on any atom is -0.489 e. The van der Waals surface area contributed by atoms with E-state index in [0.717, 1.165) is 16.7 Å². The van der Waals surface area contributed by atoms with Crippen molar-refractivity contribution in [3.05, 3.63) is 142 Å². The topological polar surface area (TPSA) is 81.1 Å². The number of carbonyl (C=O) groups excluding carboxylic acids is 1. The maximum atomic E-state index is 14.2. The van der Waals surface area contributed by atoms with Gasteiger partial charge in [0.2, 0.25) is 11.1 Å². The third-order valence-electron chi connectivity index (χ3n) is 7.11. The summed E-state index contributed by atoms with van der Waals surface area (Å²) in [4.78, 5) is 18.5. The highest BCUT2D eigenvalue weighted by Crippen LogP contribution is 2.37. The molecule has 0 aliphatic carbocycles. The molecule has 2 N–H and O–H groups in total. The molecular formula is C34H30FN5O2S. The molecule has 43 heavy (non-hydrogen) atoms. The molecule has 216 valence electrons. The van der Waals surface area contributed by atoms with Crippen LogP contribution in [-0.2, 0) is 17.2 Å². The van der Waals surface area contributed by atoms with Crippen LogP contribution in [0.1, 0.15) is 35.2 Å². The van der Waals surface area contributed by atoms with Crippen molar-refractivity contribution >= 4 is 29.3 Å². The van der Waals surface area contributed by atoms with Gasteiger partial charge in [0.05, 0.1) is 5.57 Å². The SMILES string of the molecule is CC1=C(C(=O)Nc2cccc(C)c2)C(c2ccc(OCc3ccccc3)cc2)n2nc(SCc3ccccc3F)nc2N1. The summed E-state index contributed by atoms with van der Waals surface area (Å²) in [6, 6.07) is 31.5. The van der Waals surface area contributed by atoms with Gasteiger partial charge in [-0.3, -0.25) is 4.79 Å². The van der Waals surface area contributed by atoms with Crippen LogP contribution in [0, 0.1) is 12.7 Å². The number of aryl methyl sites for hydroxylation is 1. The van der Waals surface area contributed by atoms with Crippen molar-refractivity contribution in [2.45, 2.75) is 37.4 Å². The van der Waals surface area contributed by atoms with Crippen LogP contribution in [0.15, 0.2) is 120 Å². The smallest absolute Gasteiger partial charge is 0.255 e. The molecule has 1 atom stereocenters. The number of nitrogens with zero attached hydrogens (tertiary/aromatic N) is 3. The quantitative estimate of drug-likeness (QED) is 0.173. The molecule has 1 aromatic heterocycles. The molecule has 7 nitrogen and oxygen atoms in total. The predicted molar refractivity (Wildman–Crippen MR) is 167 cm³/mol. The number of halogens is 1. The zero-order valence-electron chi connectivity index (χ0n) is 23.8. The number of anilines is 2. The Bertz CT molecular complexity index is 1790. The fourth-order valence-electron chi connectivity index (χ4n) is 4.96. The highest BCUT2D eigenvalue weighted by molar-refractivity contribution is 7.98. The Morgan fingerprint density at radius 1 is 0.977 bits per heavy atom. The number of nitrogens with one attached hydrogen (secondary N) is 2. The van der Waals surface area contributed by atoms with Crippen molar-refractivity contribution in [3.8, 4) is 5.75 Å². The standard InChI is InChI=1S/C34H30FN5O2S/c1-22-9-8-13-27(19-22)37-32(41)30-23(2)36-33-38-34(43-21-26-12-6-7-14-29(26)35)39-40(33)31(30)25-15-17-28(18-16-25)42-20-24-10-4-3-5-11-24/h3-19,31H,20-21H2,1-2H3,(H,37,41)(H,36,38,39). The molecule has 0 saturated carbocycles. The van der Waals surface area contributed by atoms with E-state index in [1.54, 1.807) is 16.8 Å². The number of aromatic nitrogens is 3. The Hall–Kier alpha value is -4.89. The van der Waals surface area contributed by atoms with Gasteiger partial charge in [0.15, 0.2) is 0 Å². The van der Waals surface area contributed by atoms with E-state index in [9.17, 15) is 9.18 Å². The van der Waals surface area contributed by atoms with Gasteiger partial charge in [0, 0.05) is 17.1 Å². The molecule has 9 heteroatoms. The number of allylic oxidation sites excluding steroid dienone is 1. The summed E-state index contributed by atoms with van der Waals surface area (Å²) < 4.78 is 22.0. The zero-order chi connectivity index (χ0) is 29.8. The first kappa shape index (κ1) is 28.2. The van der Waals surface area contributed by atoms with Crippen molar-refractivity contribution in [1.29, 1.82) is 0 Å². The summed E-state index contributed by atoms with van der Waals surface area (Å²) in [6.07, 6.45) is 0. The van der Waals surface area contributed by atoms with Crippen LogP contribution in [0.4, 0.5) is 16.0 Å². The highest BCUT2D eigenvalue weighted by Gasteiger charge is 2.34. The molecule has 0 fully saturated rings. The van der Waals surface area contributed by atoms with Gasteiger partial charge >= 0.3 is 0 Å². The molecule has 0 spiro atoms. The summed E-state index contributed by atoms with van der Waals surface area (Å²) in [5.41, 5.74) is 5.43. The minimum absolute atomic E-state index is 0.244. The number of ether oxygens (including phenoxy) is 1. The molecule has 6 rings (SSSR count). The summed E-state index contributed by atoms with van der Waals surface area (Å²) in [5.74, 6) is 1.09. The lowest BCUT2D eigenvalue weighted by atomic mass is 9.95. The monoisotopic (exact) mass is 591 g/mol. The number of hydrogen-bond donors (Lipinski definition) is 2. The van der Waals surface area contributed by atoms with Crippen molar-refractivity contribution < 1.29 is 13.9 Å². The summed E-state index contributed by atoms with van der Waals surface area (Å²) in [5, 5.41) is 11.6. The van der Waals surface area contributed by atoms with Crippen LogP contribution in [0.2, 0.25) is 0 Å². The average Bonchev–Trinajstić information content (AvgIpc) is 3.42. The number of carbonyl (C=O) groups is 1. The van der Waals surface area contributed by atoms with Gasteiger partial charge in [-0.25, -0.2) is 9.07 Å². The maximum Gasteiger partial charge on any atom is 0.255 e. The Morgan fingerprint density at radius 2 is 1.74 bits per heavy atom. The van der Waals surface area contributed by atoms with Crippen molar-refractivity contribution in [2.24, 2.45) is 0 Å². The maximum absolute atomic E-state index is 14.2. The van der Waals surface area contributed by atoms with E-state index in [0.29, 0.717) is 51.7 Å². The van der Waals surface area contributed by atoms with Gasteiger partial charge < -0.3 is 15.4 Å². The molecular weight excluding hydrogens is 561 g/mol. The van der Waals surface area contributed by atoms with Crippen molar-refractivity contribution in [3.63, 3.8) is 0 Å². The number of rotatable bonds is 9. The molecule has 1 amide bonds. The summed E-state index contributed by atoms with van der Waals surface area (Å²) in [7, 11) is 0. The Morgan fingerprint density at radius 3 is 2.51 bits per heavy atom. The number of amides is 1. The molecule has 0 bridgehead atoms. The first-order chi connectivity index (χ1) is 20.9. The second kappa shape index (κ2) is 12.5. The van der Waals surface area contributed by atoms with Gasteiger partial charge in [0.1, 0.15) is 24.2 Å². The van der Waals surface area contributed by atoms with Gasteiger partial charge in [-0.05, 0) is 66.4 Å². The highest BCUT2D eigenvalue weighted by atomic mass is 32.2. The van der Waals surface area contributed by atoms with E-state index >= 15 is 0 Å². The van der Waals surface area contributed by atoms with Crippen LogP contribution in [-0.4, -0.2) is 20.7 Å². The average molecular weight is 592 g/mol. The number of benzene rings is 4. The molecule has 0 saturated heterocycles. The van der Waals surface area contributed by atoms with Crippen LogP contribution in [0.3, 0.4) is 0 Å². The molecule has 0 radical (unpaired) electrons. The van der Waals surface area contributed by atoms with Crippen molar-refractivity contribution in [2.75, 3.05) is 10.6 Å². The van der Waals surface area contributed by atoms with Gasteiger partial charge in [0.25, 0.3) is 5.91 Å². The fraction of sp³-hybridized carbons (Fsp3) is 0.147. The fourth-order valence-corrected chi connectivity index (χ4v) is 5.78. The molecule has 1 aliphatic rings. The molecule has 2 heterocycles. The van der Waals surface area contributed by atoms with E-state index in [4.69, 9.17) is 9.84 Å². The lowest BCUT2D eigenvalue weighted by molar-refractivity contribution is -0.113. The minimum atomic E-state index is -0.556. The lowest BCUT2D eigenvalue weighted by Gasteiger charge is -2.28. The number of hydrogen-bond acceptors (Lipinski definition) is 6. The van der Waals surface area contributed by atoms with Gasteiger partial charge in [-0.1, -0.05) is 84.6 Å². The van der Waals surface area contributed by atoms with Gasteiger partial charge in [-0.2, -0.15) is 4.98 Å². The number of fused-ring (bicyclic) bond motifs is 1. The van der Waals surface area contributed by atoms with E-state index < -0.39 is 6.04 Å². The van der Waals surface area contributed by atoms with E-state index in [-0.39, 0.29) is 11.7 Å². The Labute approximate surface area is 253 Å². The second-order valence-electron chi connectivity index (χ2n) is 10.3. The molecule has 5 aromatic rings. The van der Waals surface area contributed by atoms with Crippen LogP contribution in [0.25, 0.3) is 0 Å². The summed E-state index contributed by atoms with van der Waals surface area (Å²) >= 11 is 1.34. The zero-order valence-corrected chi connectivity index (χ0v) is 24.6. The predicted octanol–water partition coefficient (Wildman–Crippen LogP) is 7.52. The lowest BCUT2D eigenvalue weighted by Crippen LogP contribution is -2.31. The normalized spacial score (nSPS) is 14.2. The van der Waals surface area contributed by atoms with Crippen LogP contribution < -0.4 is 15.4 Å². The Balaban J connectivity index is 1.30. The third kappa shape index (κ3) is 6.47. The first-order valence-corrected chi connectivity index (χ1v) is 14.9. The number of thioether (sulfide) groups is 1. The largest absolute Gasteiger partial charge is 0.489 e. The third-order valence-corrected chi connectivity index (χ3v) is 8.00. The van der Waals surface area contributed by atoms with E-state index in [1.165, 1.54) is 17.8 Å². The first-order valence-electron chi connectivity index (χ1n) is 13.9. The molecule has 1 aliphatic heterocycles. The van der Waals surface area contributed by atoms with Crippen molar-refractivity contribution in [1.82, 2.24) is 14.8 Å². The van der Waals surface area contributed by atoms with Crippen LogP contribution in [0.5, 0.6) is 5.75 Å².